The highest BCUT2D eigenvalue weighted by Crippen LogP contribution is 2.30. The molecule has 9 nitrogen and oxygen atoms in total. The van der Waals surface area contributed by atoms with Gasteiger partial charge in [-0.15, -0.1) is 0 Å². The Morgan fingerprint density at radius 1 is 1.11 bits per heavy atom. The summed E-state index contributed by atoms with van der Waals surface area (Å²) in [6.07, 6.45) is -1.16. The second-order valence-electron chi connectivity index (χ2n) is 5.82. The number of benzene rings is 2. The Balaban J connectivity index is 1.67. The minimum absolute atomic E-state index is 0.0440. The molecule has 1 aliphatic rings. The SMILES string of the molecule is COc1ccc(OC[C@@H](O)CN2C(=O)c3cccc([N+](=O)[O-])c3C2=O)cc1. The lowest BCUT2D eigenvalue weighted by Crippen LogP contribution is -2.39. The number of aliphatic hydroxyl groups is 1. The number of rotatable bonds is 7. The number of ether oxygens (including phenoxy) is 2. The van der Waals surface area contributed by atoms with E-state index in [1.165, 1.54) is 19.2 Å². The topological polar surface area (TPSA) is 119 Å². The number of nitro groups is 1. The Kier molecular flexibility index (Phi) is 5.04. The number of amides is 2. The highest BCUT2D eigenvalue weighted by molar-refractivity contribution is 6.23. The first kappa shape index (κ1) is 18.3. The zero-order chi connectivity index (χ0) is 19.6. The minimum Gasteiger partial charge on any atom is -0.497 e. The molecule has 3 rings (SSSR count). The fourth-order valence-electron chi connectivity index (χ4n) is 2.76. The maximum absolute atomic E-state index is 12.4. The molecule has 0 spiro atoms. The molecule has 0 aromatic heterocycles. The van der Waals surface area contributed by atoms with Gasteiger partial charge in [-0.1, -0.05) is 6.07 Å². The van der Waals surface area contributed by atoms with Crippen LogP contribution in [0.4, 0.5) is 5.69 Å². The lowest BCUT2D eigenvalue weighted by molar-refractivity contribution is -0.385. The summed E-state index contributed by atoms with van der Waals surface area (Å²) in [7, 11) is 1.53. The van der Waals surface area contributed by atoms with Crippen molar-refractivity contribution < 1.29 is 29.1 Å². The summed E-state index contributed by atoms with van der Waals surface area (Å²) in [5.74, 6) is -0.351. The van der Waals surface area contributed by atoms with Crippen LogP contribution >= 0.6 is 0 Å². The van der Waals surface area contributed by atoms with Crippen LogP contribution in [-0.2, 0) is 0 Å². The lowest BCUT2D eigenvalue weighted by Gasteiger charge is -2.18. The number of aliphatic hydroxyl groups excluding tert-OH is 1. The molecule has 2 amide bonds. The molecule has 27 heavy (non-hydrogen) atoms. The van der Waals surface area contributed by atoms with Gasteiger partial charge in [0, 0.05) is 6.07 Å². The fourth-order valence-corrected chi connectivity index (χ4v) is 2.76. The summed E-state index contributed by atoms with van der Waals surface area (Å²) in [5, 5.41) is 21.2. The van der Waals surface area contributed by atoms with E-state index >= 15 is 0 Å². The smallest absolute Gasteiger partial charge is 0.282 e. The number of β-amino-alcohol motifs (C(OH)–C–C–N with tert-alkyl or cyclic N) is 1. The fraction of sp³-hybridized carbons (Fsp3) is 0.222. The van der Waals surface area contributed by atoms with Gasteiger partial charge in [-0.05, 0) is 30.3 Å². The van der Waals surface area contributed by atoms with Gasteiger partial charge in [-0.25, -0.2) is 0 Å². The van der Waals surface area contributed by atoms with E-state index in [-0.39, 0.29) is 24.3 Å². The molecular weight excluding hydrogens is 356 g/mol. The van der Waals surface area contributed by atoms with Crippen LogP contribution in [0.3, 0.4) is 0 Å². The van der Waals surface area contributed by atoms with Gasteiger partial charge in [0.05, 0.1) is 24.1 Å². The molecule has 1 heterocycles. The first-order valence-electron chi connectivity index (χ1n) is 8.01. The van der Waals surface area contributed by atoms with Gasteiger partial charge in [-0.2, -0.15) is 0 Å². The van der Waals surface area contributed by atoms with Crippen molar-refractivity contribution in [2.45, 2.75) is 6.10 Å². The van der Waals surface area contributed by atoms with E-state index in [1.807, 2.05) is 0 Å². The third-order valence-corrected chi connectivity index (χ3v) is 4.07. The van der Waals surface area contributed by atoms with Crippen LogP contribution in [0.1, 0.15) is 20.7 Å². The second kappa shape index (κ2) is 7.42. The van der Waals surface area contributed by atoms with Gasteiger partial charge < -0.3 is 14.6 Å². The number of fused-ring (bicyclic) bond motifs is 1. The summed E-state index contributed by atoms with van der Waals surface area (Å²) in [4.78, 5) is 36.0. The number of methoxy groups -OCH3 is 1. The Morgan fingerprint density at radius 3 is 2.41 bits per heavy atom. The molecule has 0 saturated carbocycles. The average molecular weight is 372 g/mol. The Labute approximate surface area is 153 Å². The standard InChI is InChI=1S/C18H16N2O7/c1-26-12-5-7-13(8-6-12)27-10-11(21)9-19-17(22)14-3-2-4-15(20(24)25)16(14)18(19)23/h2-8,11,21H,9-10H2,1H3/t11-/m0/s1. The average Bonchev–Trinajstić information content (AvgIpc) is 2.91. The van der Waals surface area contributed by atoms with Gasteiger partial charge in [0.15, 0.2) is 0 Å². The summed E-state index contributed by atoms with van der Waals surface area (Å²) < 4.78 is 10.5. The first-order chi connectivity index (χ1) is 12.9. The largest absolute Gasteiger partial charge is 0.497 e. The first-order valence-corrected chi connectivity index (χ1v) is 8.01. The number of carbonyl (C=O) groups is 2. The number of nitrogens with zero attached hydrogens (tertiary/aromatic N) is 2. The predicted octanol–water partition coefficient (Wildman–Crippen LogP) is 1.64. The van der Waals surface area contributed by atoms with Crippen molar-refractivity contribution in [3.8, 4) is 11.5 Å². The zero-order valence-electron chi connectivity index (χ0n) is 14.3. The van der Waals surface area contributed by atoms with Crippen LogP contribution in [0.15, 0.2) is 42.5 Å². The highest BCUT2D eigenvalue weighted by Gasteiger charge is 2.41. The number of carbonyl (C=O) groups excluding carboxylic acids is 2. The summed E-state index contributed by atoms with van der Waals surface area (Å²) in [6.45, 7) is -0.499. The molecule has 0 aliphatic carbocycles. The Morgan fingerprint density at radius 2 is 1.78 bits per heavy atom. The van der Waals surface area contributed by atoms with Crippen molar-refractivity contribution in [1.29, 1.82) is 0 Å². The molecule has 9 heteroatoms. The molecule has 0 saturated heterocycles. The molecule has 1 atom stereocenters. The maximum Gasteiger partial charge on any atom is 0.282 e. The van der Waals surface area contributed by atoms with Gasteiger partial charge in [-0.3, -0.25) is 24.6 Å². The van der Waals surface area contributed by atoms with E-state index in [4.69, 9.17) is 9.47 Å². The quantitative estimate of drug-likeness (QED) is 0.446. The number of imide groups is 1. The normalized spacial score (nSPS) is 14.1. The van der Waals surface area contributed by atoms with Crippen molar-refractivity contribution in [3.63, 3.8) is 0 Å². The molecule has 1 aliphatic heterocycles. The number of hydrogen-bond donors (Lipinski definition) is 1. The van der Waals surface area contributed by atoms with Crippen LogP contribution in [-0.4, -0.2) is 53.1 Å². The Hall–Kier alpha value is -3.46. The molecule has 0 radical (unpaired) electrons. The molecular formula is C18H16N2O7. The molecule has 2 aromatic rings. The highest BCUT2D eigenvalue weighted by atomic mass is 16.6. The van der Waals surface area contributed by atoms with Crippen LogP contribution in [0.5, 0.6) is 11.5 Å². The second-order valence-corrected chi connectivity index (χ2v) is 5.82. The van der Waals surface area contributed by atoms with E-state index in [2.05, 4.69) is 0 Å². The predicted molar refractivity (Wildman–Crippen MR) is 93.0 cm³/mol. The monoisotopic (exact) mass is 372 g/mol. The molecule has 0 fully saturated rings. The zero-order valence-corrected chi connectivity index (χ0v) is 14.3. The van der Waals surface area contributed by atoms with Gasteiger partial charge in [0.1, 0.15) is 29.8 Å². The van der Waals surface area contributed by atoms with Crippen LogP contribution in [0.2, 0.25) is 0 Å². The number of nitro benzene ring substituents is 1. The van der Waals surface area contributed by atoms with Crippen molar-refractivity contribution in [2.24, 2.45) is 0 Å². The molecule has 0 unspecified atom stereocenters. The number of hydrogen-bond acceptors (Lipinski definition) is 7. The molecule has 140 valence electrons. The van der Waals surface area contributed by atoms with E-state index < -0.39 is 28.5 Å². The summed E-state index contributed by atoms with van der Waals surface area (Å²) in [5.41, 5.74) is -0.731. The lowest BCUT2D eigenvalue weighted by atomic mass is 10.1. The van der Waals surface area contributed by atoms with Crippen LogP contribution in [0.25, 0.3) is 0 Å². The van der Waals surface area contributed by atoms with Crippen LogP contribution < -0.4 is 9.47 Å². The van der Waals surface area contributed by atoms with Crippen molar-refractivity contribution >= 4 is 17.5 Å². The van der Waals surface area contributed by atoms with Crippen molar-refractivity contribution in [2.75, 3.05) is 20.3 Å². The maximum atomic E-state index is 12.4. The van der Waals surface area contributed by atoms with E-state index in [9.17, 15) is 24.8 Å². The molecule has 1 N–H and O–H groups in total. The van der Waals surface area contributed by atoms with Crippen molar-refractivity contribution in [1.82, 2.24) is 4.90 Å². The van der Waals surface area contributed by atoms with E-state index in [0.717, 1.165) is 11.0 Å². The Bertz CT molecular complexity index is 895. The summed E-state index contributed by atoms with van der Waals surface area (Å²) in [6, 6.07) is 10.5. The third-order valence-electron chi connectivity index (χ3n) is 4.07. The van der Waals surface area contributed by atoms with Crippen LogP contribution in [0, 0.1) is 10.1 Å². The van der Waals surface area contributed by atoms with E-state index in [1.54, 1.807) is 24.3 Å². The van der Waals surface area contributed by atoms with Gasteiger partial charge in [0.25, 0.3) is 17.5 Å². The van der Waals surface area contributed by atoms with Gasteiger partial charge in [0.2, 0.25) is 0 Å². The van der Waals surface area contributed by atoms with Gasteiger partial charge >= 0.3 is 0 Å². The van der Waals surface area contributed by atoms with E-state index in [0.29, 0.717) is 11.5 Å². The molecule has 2 aromatic carbocycles. The third kappa shape index (κ3) is 3.58. The van der Waals surface area contributed by atoms with Crippen molar-refractivity contribution in [3.05, 3.63) is 63.7 Å². The minimum atomic E-state index is -1.16. The molecule has 0 bridgehead atoms. The summed E-state index contributed by atoms with van der Waals surface area (Å²) >= 11 is 0.